The van der Waals surface area contributed by atoms with Gasteiger partial charge in [0.25, 0.3) is 0 Å². The van der Waals surface area contributed by atoms with Gasteiger partial charge in [0.1, 0.15) is 6.04 Å². The number of hydrogen-bond donors (Lipinski definition) is 2. The number of carboxylic acids is 1. The van der Waals surface area contributed by atoms with Crippen molar-refractivity contribution in [2.75, 3.05) is 0 Å². The maximum atomic E-state index is 10.3. The van der Waals surface area contributed by atoms with Crippen LogP contribution in [0.1, 0.15) is 13.8 Å². The zero-order valence-corrected chi connectivity index (χ0v) is 5.72. The smallest absolute Gasteiger partial charge is 0.320 e. The van der Waals surface area contributed by atoms with Gasteiger partial charge in [-0.2, -0.15) is 0 Å². The van der Waals surface area contributed by atoms with E-state index >= 15 is 0 Å². The first-order valence-corrected chi connectivity index (χ1v) is 2.85. The lowest BCUT2D eigenvalue weighted by molar-refractivity contribution is -0.140. The Hall–Kier alpha value is -0.570. The van der Waals surface area contributed by atoms with Crippen molar-refractivity contribution < 1.29 is 9.90 Å². The van der Waals surface area contributed by atoms with Gasteiger partial charge in [-0.05, 0) is 5.92 Å². The summed E-state index contributed by atoms with van der Waals surface area (Å²) >= 11 is 0. The molecule has 53 valence electrons. The Balaban J connectivity index is 3.83. The molecular weight excluding hydrogens is 118 g/mol. The summed E-state index contributed by atoms with van der Waals surface area (Å²) in [4.78, 5) is 10.3. The highest BCUT2D eigenvalue weighted by atomic mass is 16.4. The fraction of sp³-hybridized carbons (Fsp3) is 0.667. The Morgan fingerprint density at radius 2 is 2.11 bits per heavy atom. The van der Waals surface area contributed by atoms with Crippen LogP contribution < -0.4 is 5.32 Å². The van der Waals surface area contributed by atoms with Crippen molar-refractivity contribution in [2.24, 2.45) is 5.92 Å². The lowest BCUT2D eigenvalue weighted by Crippen LogP contribution is -2.37. The lowest BCUT2D eigenvalue weighted by Gasteiger charge is -2.13. The van der Waals surface area contributed by atoms with Crippen molar-refractivity contribution in [3.8, 4) is 0 Å². The van der Waals surface area contributed by atoms with Crippen LogP contribution in [0.3, 0.4) is 0 Å². The molecule has 0 aliphatic rings. The molecule has 0 aromatic heterocycles. The first-order valence-electron chi connectivity index (χ1n) is 2.85. The van der Waals surface area contributed by atoms with Gasteiger partial charge < -0.3 is 10.4 Å². The molecule has 0 saturated carbocycles. The Labute approximate surface area is 55.1 Å². The van der Waals surface area contributed by atoms with Crippen LogP contribution in [-0.4, -0.2) is 17.1 Å². The molecule has 0 bridgehead atoms. The molecule has 0 aliphatic carbocycles. The lowest BCUT2D eigenvalue weighted by atomic mass is 10.1. The normalized spacial score (nSPS) is 13.8. The molecule has 0 saturated heterocycles. The van der Waals surface area contributed by atoms with E-state index in [-0.39, 0.29) is 5.92 Å². The summed E-state index contributed by atoms with van der Waals surface area (Å²) in [5.41, 5.74) is 0. The van der Waals surface area contributed by atoms with Crippen LogP contribution >= 0.6 is 0 Å². The molecule has 3 heteroatoms. The van der Waals surface area contributed by atoms with Gasteiger partial charge >= 0.3 is 5.97 Å². The van der Waals surface area contributed by atoms with E-state index in [0.29, 0.717) is 0 Å². The first kappa shape index (κ1) is 8.43. The number of carbonyl (C=O) groups is 1. The van der Waals surface area contributed by atoms with Crippen LogP contribution in [-0.2, 0) is 4.79 Å². The van der Waals surface area contributed by atoms with Gasteiger partial charge in [-0.1, -0.05) is 13.8 Å². The Bertz CT molecular complexity index is 101. The molecule has 0 rings (SSSR count). The van der Waals surface area contributed by atoms with Crippen LogP contribution in [0.25, 0.3) is 0 Å². The minimum Gasteiger partial charge on any atom is -0.480 e. The highest BCUT2D eigenvalue weighted by molar-refractivity contribution is 5.73. The zero-order valence-electron chi connectivity index (χ0n) is 5.72. The molecule has 1 atom stereocenters. The molecule has 0 aliphatic heterocycles. The van der Waals surface area contributed by atoms with Gasteiger partial charge in [0, 0.05) is 7.05 Å². The van der Waals surface area contributed by atoms with Crippen molar-refractivity contribution in [3.05, 3.63) is 7.05 Å². The van der Waals surface area contributed by atoms with Gasteiger partial charge in [-0.3, -0.25) is 4.79 Å². The largest absolute Gasteiger partial charge is 0.480 e. The van der Waals surface area contributed by atoms with E-state index in [0.717, 1.165) is 0 Å². The quantitative estimate of drug-likeness (QED) is 0.584. The van der Waals surface area contributed by atoms with Gasteiger partial charge in [0.15, 0.2) is 0 Å². The maximum absolute atomic E-state index is 10.3. The summed E-state index contributed by atoms with van der Waals surface area (Å²) in [7, 11) is 3.30. The topological polar surface area (TPSA) is 49.3 Å². The number of aliphatic carboxylic acids is 1. The predicted molar refractivity (Wildman–Crippen MR) is 34.8 cm³/mol. The van der Waals surface area contributed by atoms with Crippen molar-refractivity contribution in [1.29, 1.82) is 0 Å². The molecule has 3 nitrogen and oxygen atoms in total. The average Bonchev–Trinajstić information content (AvgIpc) is 1.64. The Morgan fingerprint density at radius 3 is 2.11 bits per heavy atom. The van der Waals surface area contributed by atoms with E-state index in [9.17, 15) is 4.79 Å². The van der Waals surface area contributed by atoms with Gasteiger partial charge in [0.2, 0.25) is 0 Å². The number of rotatable bonds is 3. The first-order chi connectivity index (χ1) is 4.09. The number of hydrogen-bond acceptors (Lipinski definition) is 2. The van der Waals surface area contributed by atoms with Gasteiger partial charge in [-0.15, -0.1) is 0 Å². The maximum Gasteiger partial charge on any atom is 0.320 e. The molecule has 0 fully saturated rings. The molecule has 1 radical (unpaired) electrons. The van der Waals surface area contributed by atoms with Crippen LogP contribution in [0.15, 0.2) is 0 Å². The summed E-state index contributed by atoms with van der Waals surface area (Å²) in [5, 5.41) is 10.9. The molecule has 0 amide bonds. The SMILES string of the molecule is [CH2]NC(C(=O)O)C(C)C. The summed E-state index contributed by atoms with van der Waals surface area (Å²) in [5.74, 6) is -0.764. The van der Waals surface area contributed by atoms with E-state index in [1.54, 1.807) is 0 Å². The van der Waals surface area contributed by atoms with E-state index in [1.165, 1.54) is 0 Å². The highest BCUT2D eigenvalue weighted by Gasteiger charge is 2.17. The van der Waals surface area contributed by atoms with E-state index in [1.807, 2.05) is 13.8 Å². The molecule has 0 spiro atoms. The minimum atomic E-state index is -0.847. The van der Waals surface area contributed by atoms with Crippen molar-refractivity contribution in [3.63, 3.8) is 0 Å². The van der Waals surface area contributed by atoms with Gasteiger partial charge in [-0.25, -0.2) is 0 Å². The Morgan fingerprint density at radius 1 is 1.67 bits per heavy atom. The van der Waals surface area contributed by atoms with Crippen LogP contribution in [0.2, 0.25) is 0 Å². The second kappa shape index (κ2) is 3.45. The summed E-state index contributed by atoms with van der Waals surface area (Å²) in [6.07, 6.45) is 0. The summed E-state index contributed by atoms with van der Waals surface area (Å²) in [6, 6.07) is -0.523. The monoisotopic (exact) mass is 130 g/mol. The number of nitrogens with one attached hydrogen (secondary N) is 1. The summed E-state index contributed by atoms with van der Waals surface area (Å²) in [6.45, 7) is 3.66. The third-order valence-corrected chi connectivity index (χ3v) is 1.15. The standard InChI is InChI=1S/C6H12NO2/c1-4(2)5(7-3)6(8)9/h4-5,7H,3H2,1-2H3,(H,8,9). The highest BCUT2D eigenvalue weighted by Crippen LogP contribution is 1.99. The molecular formula is C6H12NO2. The molecule has 0 aromatic rings. The van der Waals surface area contributed by atoms with E-state index in [4.69, 9.17) is 5.11 Å². The molecule has 2 N–H and O–H groups in total. The van der Waals surface area contributed by atoms with Crippen LogP contribution in [0.4, 0.5) is 0 Å². The van der Waals surface area contributed by atoms with Crippen LogP contribution in [0, 0.1) is 13.0 Å². The fourth-order valence-corrected chi connectivity index (χ4v) is 0.608. The fourth-order valence-electron chi connectivity index (χ4n) is 0.608. The third-order valence-electron chi connectivity index (χ3n) is 1.15. The van der Waals surface area contributed by atoms with Crippen LogP contribution in [0.5, 0.6) is 0 Å². The second-order valence-electron chi connectivity index (χ2n) is 2.26. The third kappa shape index (κ3) is 2.46. The zero-order chi connectivity index (χ0) is 7.44. The van der Waals surface area contributed by atoms with E-state index in [2.05, 4.69) is 12.4 Å². The second-order valence-corrected chi connectivity index (χ2v) is 2.26. The average molecular weight is 130 g/mol. The van der Waals surface area contributed by atoms with E-state index < -0.39 is 12.0 Å². The molecule has 1 unspecified atom stereocenters. The predicted octanol–water partition coefficient (Wildman–Crippen LogP) is 0.477. The number of carboxylic acid groups (broad SMARTS) is 1. The van der Waals surface area contributed by atoms with Crippen molar-refractivity contribution in [2.45, 2.75) is 19.9 Å². The van der Waals surface area contributed by atoms with Crippen molar-refractivity contribution in [1.82, 2.24) is 5.32 Å². The summed E-state index contributed by atoms with van der Waals surface area (Å²) < 4.78 is 0. The minimum absolute atomic E-state index is 0.0833. The van der Waals surface area contributed by atoms with Crippen molar-refractivity contribution >= 4 is 5.97 Å². The molecule has 9 heavy (non-hydrogen) atoms. The molecule has 0 heterocycles. The van der Waals surface area contributed by atoms with Gasteiger partial charge in [0.05, 0.1) is 0 Å². The molecule has 0 aromatic carbocycles. The Kier molecular flexibility index (Phi) is 3.24.